The summed E-state index contributed by atoms with van der Waals surface area (Å²) < 4.78 is 5.36. The molecule has 4 rings (SSSR count). The van der Waals surface area contributed by atoms with Crippen LogP contribution in [0.2, 0.25) is 0 Å². The molecule has 0 saturated heterocycles. The molecule has 4 fully saturated rings. The average molecular weight is 295 g/mol. The minimum atomic E-state index is -0.769. The summed E-state index contributed by atoms with van der Waals surface area (Å²) in [7, 11) is 0. The van der Waals surface area contributed by atoms with Gasteiger partial charge in [-0.15, -0.1) is 0 Å². The second-order valence-corrected chi connectivity index (χ2v) is 8.21. The summed E-state index contributed by atoms with van der Waals surface area (Å²) in [6.07, 6.45) is 4.30. The number of amides is 1. The van der Waals surface area contributed by atoms with Crippen LogP contribution < -0.4 is 5.32 Å². The van der Waals surface area contributed by atoms with Gasteiger partial charge >= 0.3 is 12.1 Å². The van der Waals surface area contributed by atoms with E-state index in [1.54, 1.807) is 0 Å². The van der Waals surface area contributed by atoms with Crippen LogP contribution in [-0.4, -0.2) is 28.3 Å². The molecule has 4 aliphatic rings. The molecule has 0 heterocycles. The van der Waals surface area contributed by atoms with E-state index in [4.69, 9.17) is 4.74 Å². The van der Waals surface area contributed by atoms with Gasteiger partial charge in [-0.25, -0.2) is 4.79 Å². The highest BCUT2D eigenvalue weighted by molar-refractivity contribution is 5.76. The van der Waals surface area contributed by atoms with Gasteiger partial charge in [0.2, 0.25) is 0 Å². The first-order valence-electron chi connectivity index (χ1n) is 7.92. The van der Waals surface area contributed by atoms with Crippen LogP contribution in [0.3, 0.4) is 0 Å². The maximum absolute atomic E-state index is 12.2. The summed E-state index contributed by atoms with van der Waals surface area (Å²) in [6, 6.07) is 0. The topological polar surface area (TPSA) is 75.6 Å². The number of alkyl carbamates (subject to hydrolysis) is 1. The Hall–Kier alpha value is -1.26. The highest BCUT2D eigenvalue weighted by Crippen LogP contribution is 2.58. The largest absolute Gasteiger partial charge is 0.481 e. The van der Waals surface area contributed by atoms with Crippen molar-refractivity contribution in [2.75, 3.05) is 0 Å². The van der Waals surface area contributed by atoms with Gasteiger partial charge in [0.05, 0.1) is 11.5 Å². The molecule has 0 aromatic carbocycles. The Kier molecular flexibility index (Phi) is 3.22. The minimum Gasteiger partial charge on any atom is -0.481 e. The normalized spacial score (nSPS) is 40.9. The Morgan fingerprint density at radius 3 is 2.19 bits per heavy atom. The van der Waals surface area contributed by atoms with Crippen molar-refractivity contribution in [3.8, 4) is 0 Å². The molecular weight excluding hydrogens is 270 g/mol. The number of aliphatic carboxylic acids is 1. The first kappa shape index (κ1) is 14.7. The Morgan fingerprint density at radius 1 is 1.14 bits per heavy atom. The predicted octanol–water partition coefficient (Wildman–Crippen LogP) is 2.79. The number of nitrogens with one attached hydrogen (secondary N) is 1. The molecule has 0 spiro atoms. The van der Waals surface area contributed by atoms with Gasteiger partial charge in [-0.1, -0.05) is 0 Å². The zero-order chi connectivity index (χ0) is 15.4. The molecule has 21 heavy (non-hydrogen) atoms. The fourth-order valence-corrected chi connectivity index (χ4v) is 5.17. The van der Waals surface area contributed by atoms with Crippen molar-refractivity contribution in [1.29, 1.82) is 0 Å². The molecule has 3 unspecified atom stereocenters. The number of carbonyl (C=O) groups excluding carboxylic acids is 1. The first-order chi connectivity index (χ1) is 9.68. The minimum absolute atomic E-state index is 0.212. The third-order valence-corrected chi connectivity index (χ3v) is 5.33. The Bertz CT molecular complexity index is 453. The third-order valence-electron chi connectivity index (χ3n) is 5.33. The zero-order valence-electron chi connectivity index (χ0n) is 13.0. The fourth-order valence-electron chi connectivity index (χ4n) is 5.17. The van der Waals surface area contributed by atoms with Crippen LogP contribution in [0.1, 0.15) is 52.9 Å². The molecule has 4 aliphatic carbocycles. The molecule has 3 atom stereocenters. The average Bonchev–Trinajstić information content (AvgIpc) is 2.21. The molecular formula is C16H25NO4. The summed E-state index contributed by atoms with van der Waals surface area (Å²) >= 11 is 0. The highest BCUT2D eigenvalue weighted by Gasteiger charge is 2.60. The quantitative estimate of drug-likeness (QED) is 0.821. The summed E-state index contributed by atoms with van der Waals surface area (Å²) in [4.78, 5) is 24.0. The van der Waals surface area contributed by atoms with Gasteiger partial charge < -0.3 is 15.2 Å². The van der Waals surface area contributed by atoms with E-state index in [2.05, 4.69) is 5.32 Å². The Balaban J connectivity index is 1.82. The molecule has 4 bridgehead atoms. The van der Waals surface area contributed by atoms with Crippen molar-refractivity contribution >= 4 is 12.1 Å². The molecule has 0 aromatic rings. The van der Waals surface area contributed by atoms with Crippen LogP contribution in [0, 0.1) is 23.7 Å². The van der Waals surface area contributed by atoms with E-state index in [1.807, 2.05) is 20.8 Å². The highest BCUT2D eigenvalue weighted by atomic mass is 16.6. The van der Waals surface area contributed by atoms with E-state index < -0.39 is 29.1 Å². The van der Waals surface area contributed by atoms with Crippen LogP contribution in [0.5, 0.6) is 0 Å². The Morgan fingerprint density at radius 2 is 1.71 bits per heavy atom. The van der Waals surface area contributed by atoms with Crippen molar-refractivity contribution in [2.24, 2.45) is 23.7 Å². The van der Waals surface area contributed by atoms with E-state index in [-0.39, 0.29) is 5.92 Å². The molecule has 0 radical (unpaired) electrons. The van der Waals surface area contributed by atoms with E-state index in [1.165, 1.54) is 6.42 Å². The molecule has 5 nitrogen and oxygen atoms in total. The number of rotatable bonds is 2. The molecule has 1 amide bonds. The lowest BCUT2D eigenvalue weighted by Crippen LogP contribution is -2.67. The molecule has 118 valence electrons. The third kappa shape index (κ3) is 2.62. The van der Waals surface area contributed by atoms with Gasteiger partial charge in [0.1, 0.15) is 5.60 Å². The molecule has 0 aromatic heterocycles. The van der Waals surface area contributed by atoms with Crippen molar-refractivity contribution < 1.29 is 19.4 Å². The van der Waals surface area contributed by atoms with Crippen LogP contribution in [0.4, 0.5) is 4.79 Å². The van der Waals surface area contributed by atoms with Gasteiger partial charge in [-0.3, -0.25) is 4.79 Å². The second kappa shape index (κ2) is 4.62. The van der Waals surface area contributed by atoms with Crippen molar-refractivity contribution in [1.82, 2.24) is 5.32 Å². The number of carbonyl (C=O) groups is 2. The van der Waals surface area contributed by atoms with Crippen LogP contribution in [-0.2, 0) is 9.53 Å². The lowest BCUT2D eigenvalue weighted by Gasteiger charge is -2.59. The van der Waals surface area contributed by atoms with E-state index >= 15 is 0 Å². The fraction of sp³-hybridized carbons (Fsp3) is 0.875. The standard InChI is InChI=1S/C16H25NO4/c1-15(2,3)21-14(20)17-16-7-9-4-10(8-16)6-11(5-9)12(16)13(18)19/h9-12H,4-8H2,1-3H3,(H,17,20)(H,18,19). The zero-order valence-corrected chi connectivity index (χ0v) is 13.0. The van der Waals surface area contributed by atoms with Gasteiger partial charge in [-0.05, 0) is 70.6 Å². The van der Waals surface area contributed by atoms with Gasteiger partial charge in [0.25, 0.3) is 0 Å². The van der Waals surface area contributed by atoms with Crippen LogP contribution >= 0.6 is 0 Å². The van der Waals surface area contributed by atoms with Gasteiger partial charge in [0, 0.05) is 0 Å². The molecule has 0 aliphatic heterocycles. The van der Waals surface area contributed by atoms with Crippen molar-refractivity contribution in [3.63, 3.8) is 0 Å². The number of carboxylic acids is 1. The smallest absolute Gasteiger partial charge is 0.408 e. The Labute approximate surface area is 125 Å². The maximum Gasteiger partial charge on any atom is 0.408 e. The van der Waals surface area contributed by atoms with E-state index in [0.717, 1.165) is 25.7 Å². The monoisotopic (exact) mass is 295 g/mol. The number of carboxylic acid groups (broad SMARTS) is 1. The summed E-state index contributed by atoms with van der Waals surface area (Å²) in [6.45, 7) is 5.46. The van der Waals surface area contributed by atoms with Crippen LogP contribution in [0.25, 0.3) is 0 Å². The summed E-state index contributed by atoms with van der Waals surface area (Å²) in [5, 5.41) is 12.6. The van der Waals surface area contributed by atoms with E-state index in [0.29, 0.717) is 11.8 Å². The number of hydrogen-bond donors (Lipinski definition) is 2. The lowest BCUT2D eigenvalue weighted by molar-refractivity contribution is -0.160. The maximum atomic E-state index is 12.2. The number of ether oxygens (including phenoxy) is 1. The summed E-state index contributed by atoms with van der Waals surface area (Å²) in [5.74, 6) is 0.109. The van der Waals surface area contributed by atoms with E-state index in [9.17, 15) is 14.7 Å². The van der Waals surface area contributed by atoms with Gasteiger partial charge in [0.15, 0.2) is 0 Å². The molecule has 5 heteroatoms. The lowest BCUT2D eigenvalue weighted by atomic mass is 9.48. The SMILES string of the molecule is CC(C)(C)OC(=O)NC12CC3CC(CC(C3)C1C(=O)O)C2. The first-order valence-corrected chi connectivity index (χ1v) is 7.92. The van der Waals surface area contributed by atoms with Crippen molar-refractivity contribution in [3.05, 3.63) is 0 Å². The summed E-state index contributed by atoms with van der Waals surface area (Å²) in [5.41, 5.74) is -1.16. The number of hydrogen-bond acceptors (Lipinski definition) is 3. The van der Waals surface area contributed by atoms with Gasteiger partial charge in [-0.2, -0.15) is 0 Å². The van der Waals surface area contributed by atoms with Crippen LogP contribution in [0.15, 0.2) is 0 Å². The predicted molar refractivity (Wildman–Crippen MR) is 76.8 cm³/mol. The van der Waals surface area contributed by atoms with Crippen molar-refractivity contribution in [2.45, 2.75) is 64.0 Å². The second-order valence-electron chi connectivity index (χ2n) is 8.21. The molecule has 4 saturated carbocycles. The molecule has 2 N–H and O–H groups in total.